The lowest BCUT2D eigenvalue weighted by Gasteiger charge is -2.05. The minimum atomic E-state index is -4.79. The third kappa shape index (κ3) is 2.93. The third-order valence-electron chi connectivity index (χ3n) is 2.16. The maximum atomic E-state index is 13.0. The largest absolute Gasteiger partial charge is 0.434 e. The molecule has 0 radical (unpaired) electrons. The molecular weight excluding hydrogens is 306 g/mol. The Bertz CT molecular complexity index is 638. The van der Waals surface area contributed by atoms with E-state index in [2.05, 4.69) is 4.98 Å². The quantitative estimate of drug-likeness (QED) is 0.615. The summed E-state index contributed by atoms with van der Waals surface area (Å²) in [6.45, 7) is 0. The molecule has 0 N–H and O–H groups in total. The molecule has 2 nitrogen and oxygen atoms in total. The summed E-state index contributed by atoms with van der Waals surface area (Å²) in [6.07, 6.45) is -4.79. The zero-order chi connectivity index (χ0) is 14.2. The number of aromatic nitrogens is 1. The molecule has 0 atom stereocenters. The van der Waals surface area contributed by atoms with Gasteiger partial charge >= 0.3 is 6.18 Å². The number of nitrogens with zero attached hydrogens (tertiary/aromatic N) is 1. The van der Waals surface area contributed by atoms with Gasteiger partial charge in [0.1, 0.15) is 10.7 Å². The number of ketones is 1. The van der Waals surface area contributed by atoms with Gasteiger partial charge in [0.05, 0.1) is 0 Å². The minimum absolute atomic E-state index is 0.189. The maximum absolute atomic E-state index is 13.0. The molecule has 2 rings (SSSR count). The predicted molar refractivity (Wildman–Crippen MR) is 62.0 cm³/mol. The van der Waals surface area contributed by atoms with E-state index < -0.39 is 32.8 Å². The number of rotatable bonds is 2. The highest BCUT2D eigenvalue weighted by molar-refractivity contribution is 7.17. The molecule has 1 aromatic heterocycles. The molecular formula is C11H4ClF4NOS. The molecule has 0 aliphatic rings. The van der Waals surface area contributed by atoms with Crippen molar-refractivity contribution in [3.8, 4) is 0 Å². The Kier molecular flexibility index (Phi) is 3.60. The number of thiazole rings is 1. The van der Waals surface area contributed by atoms with Crippen LogP contribution in [0.4, 0.5) is 17.6 Å². The lowest BCUT2D eigenvalue weighted by molar-refractivity contribution is -0.141. The highest BCUT2D eigenvalue weighted by Gasteiger charge is 2.39. The van der Waals surface area contributed by atoms with Crippen molar-refractivity contribution < 1.29 is 22.4 Å². The van der Waals surface area contributed by atoms with Gasteiger partial charge < -0.3 is 0 Å². The molecule has 1 aromatic carbocycles. The number of halogens is 5. The molecule has 0 spiro atoms. The van der Waals surface area contributed by atoms with E-state index in [0.717, 1.165) is 12.1 Å². The van der Waals surface area contributed by atoms with Crippen molar-refractivity contribution in [1.29, 1.82) is 0 Å². The molecule has 8 heteroatoms. The molecule has 0 aliphatic heterocycles. The summed E-state index contributed by atoms with van der Waals surface area (Å²) in [5.41, 5.74) is -1.54. The number of carbonyl (C=O) groups excluding carboxylic acids is 1. The van der Waals surface area contributed by atoms with E-state index in [9.17, 15) is 22.4 Å². The van der Waals surface area contributed by atoms with Crippen molar-refractivity contribution in [2.45, 2.75) is 6.18 Å². The lowest BCUT2D eigenvalue weighted by Crippen LogP contribution is -2.12. The van der Waals surface area contributed by atoms with Crippen LogP contribution in [-0.2, 0) is 6.18 Å². The van der Waals surface area contributed by atoms with Crippen molar-refractivity contribution in [3.63, 3.8) is 0 Å². The van der Waals surface area contributed by atoms with Gasteiger partial charge in [-0.2, -0.15) is 13.2 Å². The van der Waals surface area contributed by atoms with Gasteiger partial charge in [-0.15, -0.1) is 0 Å². The highest BCUT2D eigenvalue weighted by atomic mass is 35.5. The van der Waals surface area contributed by atoms with Gasteiger partial charge in [0.15, 0.2) is 10.2 Å². The first kappa shape index (κ1) is 14.0. The molecule has 0 bridgehead atoms. The maximum Gasteiger partial charge on any atom is 0.434 e. The summed E-state index contributed by atoms with van der Waals surface area (Å²) in [4.78, 5) is 14.4. The number of alkyl halides is 3. The summed E-state index contributed by atoms with van der Waals surface area (Å²) in [6, 6.07) is 4.40. The molecule has 100 valence electrons. The van der Waals surface area contributed by atoms with E-state index in [-0.39, 0.29) is 5.56 Å². The van der Waals surface area contributed by atoms with Gasteiger partial charge in [0.25, 0.3) is 0 Å². The number of hydrogen-bond acceptors (Lipinski definition) is 3. The van der Waals surface area contributed by atoms with Crippen molar-refractivity contribution in [1.82, 2.24) is 4.98 Å². The summed E-state index contributed by atoms with van der Waals surface area (Å²) in [5.74, 6) is -1.67. The van der Waals surface area contributed by atoms with Crippen molar-refractivity contribution in [2.24, 2.45) is 0 Å². The van der Waals surface area contributed by atoms with E-state index in [1.54, 1.807) is 0 Å². The van der Waals surface area contributed by atoms with Crippen LogP contribution >= 0.6 is 22.9 Å². The first-order valence-corrected chi connectivity index (χ1v) is 6.02. The van der Waals surface area contributed by atoms with Crippen LogP contribution in [0.25, 0.3) is 0 Å². The first-order valence-electron chi connectivity index (χ1n) is 4.83. The van der Waals surface area contributed by atoms with Crippen molar-refractivity contribution >= 4 is 28.7 Å². The normalized spacial score (nSPS) is 11.6. The Morgan fingerprint density at radius 1 is 1.32 bits per heavy atom. The Labute approximate surface area is 113 Å². The summed E-state index contributed by atoms with van der Waals surface area (Å²) in [7, 11) is 0. The van der Waals surface area contributed by atoms with E-state index in [0.29, 0.717) is 11.3 Å². The number of carbonyl (C=O) groups is 1. The van der Waals surface area contributed by atoms with Gasteiger partial charge in [0, 0.05) is 5.56 Å². The van der Waals surface area contributed by atoms with Gasteiger partial charge in [0.2, 0.25) is 5.78 Å². The third-order valence-corrected chi connectivity index (χ3v) is 3.32. The van der Waals surface area contributed by atoms with E-state index >= 15 is 0 Å². The van der Waals surface area contributed by atoms with Crippen LogP contribution in [0.15, 0.2) is 24.3 Å². The Morgan fingerprint density at radius 2 is 2.00 bits per heavy atom. The fourth-order valence-corrected chi connectivity index (χ4v) is 2.49. The Balaban J connectivity index is 2.51. The molecule has 0 aliphatic carbocycles. The second kappa shape index (κ2) is 4.90. The fourth-order valence-electron chi connectivity index (χ4n) is 1.40. The molecule has 0 unspecified atom stereocenters. The second-order valence-corrected chi connectivity index (χ2v) is 5.06. The Morgan fingerprint density at radius 3 is 2.58 bits per heavy atom. The van der Waals surface area contributed by atoms with E-state index in [4.69, 9.17) is 11.6 Å². The summed E-state index contributed by atoms with van der Waals surface area (Å²) >= 11 is 5.83. The zero-order valence-electron chi connectivity index (χ0n) is 8.96. The van der Waals surface area contributed by atoms with Gasteiger partial charge in [-0.3, -0.25) is 4.79 Å². The van der Waals surface area contributed by atoms with Crippen molar-refractivity contribution in [3.05, 3.63) is 50.7 Å². The summed E-state index contributed by atoms with van der Waals surface area (Å²) < 4.78 is 50.6. The van der Waals surface area contributed by atoms with Gasteiger partial charge in [-0.05, 0) is 12.1 Å². The summed E-state index contributed by atoms with van der Waals surface area (Å²) in [5, 5.41) is 0. The second-order valence-electron chi connectivity index (χ2n) is 3.48. The number of benzene rings is 1. The van der Waals surface area contributed by atoms with E-state index in [1.165, 1.54) is 12.1 Å². The van der Waals surface area contributed by atoms with Crippen LogP contribution in [0.2, 0.25) is 4.47 Å². The van der Waals surface area contributed by atoms with Crippen LogP contribution in [0.1, 0.15) is 20.9 Å². The Hall–Kier alpha value is -1.47. The van der Waals surface area contributed by atoms with Crippen LogP contribution in [0.3, 0.4) is 0 Å². The molecule has 0 fully saturated rings. The van der Waals surface area contributed by atoms with Crippen LogP contribution in [0, 0.1) is 5.82 Å². The van der Waals surface area contributed by atoms with Crippen LogP contribution in [-0.4, -0.2) is 10.8 Å². The fraction of sp³-hybridized carbons (Fsp3) is 0.0909. The topological polar surface area (TPSA) is 30.0 Å². The average molecular weight is 310 g/mol. The standard InChI is InChI=1S/C11H4ClF4NOS/c12-10-17-9(11(14,15)16)8(19-10)7(18)5-2-1-3-6(13)4-5/h1-4H. The minimum Gasteiger partial charge on any atom is -0.288 e. The van der Waals surface area contributed by atoms with Crippen LogP contribution in [0.5, 0.6) is 0 Å². The highest BCUT2D eigenvalue weighted by Crippen LogP contribution is 2.37. The molecule has 19 heavy (non-hydrogen) atoms. The average Bonchev–Trinajstić information content (AvgIpc) is 2.70. The molecule has 0 amide bonds. The molecule has 0 saturated carbocycles. The smallest absolute Gasteiger partial charge is 0.288 e. The monoisotopic (exact) mass is 309 g/mol. The molecule has 2 aromatic rings. The number of hydrogen-bond donors (Lipinski definition) is 0. The predicted octanol–water partition coefficient (Wildman–Crippen LogP) is 4.19. The SMILES string of the molecule is O=C(c1cccc(F)c1)c1sc(Cl)nc1C(F)(F)F. The van der Waals surface area contributed by atoms with Crippen LogP contribution < -0.4 is 0 Å². The van der Waals surface area contributed by atoms with Gasteiger partial charge in [-0.1, -0.05) is 35.1 Å². The van der Waals surface area contributed by atoms with Gasteiger partial charge in [-0.25, -0.2) is 9.37 Å². The lowest BCUT2D eigenvalue weighted by atomic mass is 10.1. The van der Waals surface area contributed by atoms with E-state index in [1.807, 2.05) is 0 Å². The zero-order valence-corrected chi connectivity index (χ0v) is 10.5. The first-order chi connectivity index (χ1) is 8.79. The molecule has 1 heterocycles. The van der Waals surface area contributed by atoms with Crippen molar-refractivity contribution in [2.75, 3.05) is 0 Å². The molecule has 0 saturated heterocycles.